The Bertz CT molecular complexity index is 206. The molecule has 0 aliphatic carbocycles. The van der Waals surface area contributed by atoms with Crippen molar-refractivity contribution in [2.24, 2.45) is 5.73 Å². The lowest BCUT2D eigenvalue weighted by atomic mass is 10.2. The van der Waals surface area contributed by atoms with Gasteiger partial charge in [0.25, 0.3) is 0 Å². The first kappa shape index (κ1) is 9.98. The Morgan fingerprint density at radius 2 is 2.15 bits per heavy atom. The van der Waals surface area contributed by atoms with Gasteiger partial charge < -0.3 is 16.0 Å². The van der Waals surface area contributed by atoms with Crippen molar-refractivity contribution in [1.29, 1.82) is 0 Å². The molecule has 0 unspecified atom stereocenters. The molecule has 0 aromatic carbocycles. The highest BCUT2D eigenvalue weighted by Crippen LogP contribution is 1.98. The number of nitrogens with two attached hydrogens (primary N) is 1. The second-order valence-corrected chi connectivity index (χ2v) is 3.09. The molecule has 3 N–H and O–H groups in total. The summed E-state index contributed by atoms with van der Waals surface area (Å²) in [5, 5.41) is 2.50. The molecular weight excluding hydrogens is 170 g/mol. The number of hydrogen-bond donors (Lipinski definition) is 2. The molecule has 0 saturated carbocycles. The van der Waals surface area contributed by atoms with Crippen molar-refractivity contribution in [2.75, 3.05) is 26.2 Å². The minimum absolute atomic E-state index is 0.00313. The van der Waals surface area contributed by atoms with Crippen LogP contribution in [0.4, 0.5) is 0 Å². The molecule has 2 amide bonds. The summed E-state index contributed by atoms with van der Waals surface area (Å²) < 4.78 is 0. The third kappa shape index (κ3) is 3.02. The number of carbonyl (C=O) groups is 2. The highest BCUT2D eigenvalue weighted by atomic mass is 16.2. The lowest BCUT2D eigenvalue weighted by Crippen LogP contribution is -2.51. The van der Waals surface area contributed by atoms with Crippen LogP contribution in [-0.2, 0) is 9.59 Å². The fourth-order valence-electron chi connectivity index (χ4n) is 1.25. The van der Waals surface area contributed by atoms with Crippen molar-refractivity contribution >= 4 is 11.8 Å². The van der Waals surface area contributed by atoms with Gasteiger partial charge in [0.2, 0.25) is 11.8 Å². The number of nitrogens with one attached hydrogen (secondary N) is 1. The Kier molecular flexibility index (Phi) is 3.70. The van der Waals surface area contributed by atoms with E-state index in [1.165, 1.54) is 0 Å². The second kappa shape index (κ2) is 4.81. The topological polar surface area (TPSA) is 75.4 Å². The summed E-state index contributed by atoms with van der Waals surface area (Å²) >= 11 is 0. The van der Waals surface area contributed by atoms with Crippen LogP contribution in [0.25, 0.3) is 0 Å². The maximum atomic E-state index is 11.2. The molecule has 13 heavy (non-hydrogen) atoms. The first-order chi connectivity index (χ1) is 6.24. The van der Waals surface area contributed by atoms with Gasteiger partial charge >= 0.3 is 0 Å². The van der Waals surface area contributed by atoms with Gasteiger partial charge in [-0.2, -0.15) is 0 Å². The van der Waals surface area contributed by atoms with Crippen LogP contribution >= 0.6 is 0 Å². The van der Waals surface area contributed by atoms with Crippen LogP contribution in [0.15, 0.2) is 0 Å². The van der Waals surface area contributed by atoms with Crippen LogP contribution in [0.2, 0.25) is 0 Å². The molecular formula is C8H15N3O2. The number of unbranched alkanes of at least 4 members (excludes halogenated alkanes) is 1. The molecule has 1 saturated heterocycles. The number of amides is 2. The number of hydrogen-bond acceptors (Lipinski definition) is 3. The Morgan fingerprint density at radius 1 is 1.38 bits per heavy atom. The van der Waals surface area contributed by atoms with E-state index in [-0.39, 0.29) is 24.9 Å². The van der Waals surface area contributed by atoms with Gasteiger partial charge in [0, 0.05) is 6.54 Å². The average Bonchev–Trinajstić information content (AvgIpc) is 2.11. The molecule has 1 aliphatic heterocycles. The molecule has 0 bridgehead atoms. The maximum absolute atomic E-state index is 11.2. The van der Waals surface area contributed by atoms with E-state index in [0.717, 1.165) is 12.8 Å². The molecule has 1 aliphatic rings. The Balaban J connectivity index is 2.29. The van der Waals surface area contributed by atoms with Crippen LogP contribution in [0.3, 0.4) is 0 Å². The molecule has 1 heterocycles. The van der Waals surface area contributed by atoms with Crippen LogP contribution in [-0.4, -0.2) is 42.9 Å². The average molecular weight is 185 g/mol. The van der Waals surface area contributed by atoms with Gasteiger partial charge in [-0.15, -0.1) is 0 Å². The van der Waals surface area contributed by atoms with E-state index in [0.29, 0.717) is 13.1 Å². The minimum atomic E-state index is -0.0765. The van der Waals surface area contributed by atoms with E-state index in [9.17, 15) is 9.59 Å². The molecule has 1 rings (SSSR count). The van der Waals surface area contributed by atoms with E-state index in [4.69, 9.17) is 5.73 Å². The summed E-state index contributed by atoms with van der Waals surface area (Å²) in [4.78, 5) is 23.7. The van der Waals surface area contributed by atoms with Crippen LogP contribution in [0, 0.1) is 0 Å². The first-order valence-electron chi connectivity index (χ1n) is 4.48. The van der Waals surface area contributed by atoms with E-state index in [1.807, 2.05) is 0 Å². The molecule has 5 heteroatoms. The quantitative estimate of drug-likeness (QED) is 0.534. The zero-order chi connectivity index (χ0) is 9.68. The molecule has 5 nitrogen and oxygen atoms in total. The lowest BCUT2D eigenvalue weighted by molar-refractivity contribution is -0.140. The standard InChI is InChI=1S/C8H15N3O2/c9-3-1-2-4-11-6-7(12)10-5-8(11)13/h1-6,9H2,(H,10,12). The van der Waals surface area contributed by atoms with Gasteiger partial charge in [0.05, 0.1) is 13.1 Å². The zero-order valence-electron chi connectivity index (χ0n) is 7.58. The van der Waals surface area contributed by atoms with Gasteiger partial charge in [-0.25, -0.2) is 0 Å². The summed E-state index contributed by atoms with van der Waals surface area (Å²) in [5.41, 5.74) is 5.32. The highest BCUT2D eigenvalue weighted by Gasteiger charge is 2.21. The van der Waals surface area contributed by atoms with Crippen molar-refractivity contribution in [3.05, 3.63) is 0 Å². The number of carbonyl (C=O) groups excluding carboxylic acids is 2. The van der Waals surface area contributed by atoms with E-state index in [2.05, 4.69) is 5.32 Å². The Hall–Kier alpha value is -1.10. The molecule has 0 atom stereocenters. The lowest BCUT2D eigenvalue weighted by Gasteiger charge is -2.26. The van der Waals surface area contributed by atoms with Gasteiger partial charge in [-0.1, -0.05) is 0 Å². The summed E-state index contributed by atoms with van der Waals surface area (Å²) in [5.74, 6) is -0.0797. The number of rotatable bonds is 4. The minimum Gasteiger partial charge on any atom is -0.345 e. The Morgan fingerprint density at radius 3 is 2.85 bits per heavy atom. The SMILES string of the molecule is NCCCCN1CC(=O)NCC1=O. The largest absolute Gasteiger partial charge is 0.345 e. The smallest absolute Gasteiger partial charge is 0.242 e. The molecule has 0 aromatic heterocycles. The van der Waals surface area contributed by atoms with Gasteiger partial charge in [-0.3, -0.25) is 9.59 Å². The van der Waals surface area contributed by atoms with Crippen molar-refractivity contribution in [3.63, 3.8) is 0 Å². The molecule has 0 spiro atoms. The van der Waals surface area contributed by atoms with Crippen LogP contribution < -0.4 is 11.1 Å². The predicted octanol–water partition coefficient (Wildman–Crippen LogP) is -1.32. The van der Waals surface area contributed by atoms with Crippen molar-refractivity contribution < 1.29 is 9.59 Å². The van der Waals surface area contributed by atoms with E-state index in [1.54, 1.807) is 4.90 Å². The van der Waals surface area contributed by atoms with Crippen molar-refractivity contribution in [2.45, 2.75) is 12.8 Å². The Labute approximate surface area is 77.3 Å². The second-order valence-electron chi connectivity index (χ2n) is 3.09. The van der Waals surface area contributed by atoms with E-state index < -0.39 is 0 Å². The highest BCUT2D eigenvalue weighted by molar-refractivity contribution is 5.92. The van der Waals surface area contributed by atoms with E-state index >= 15 is 0 Å². The summed E-state index contributed by atoms with van der Waals surface area (Å²) in [7, 11) is 0. The number of nitrogens with zero attached hydrogens (tertiary/aromatic N) is 1. The molecule has 0 aromatic rings. The molecule has 74 valence electrons. The maximum Gasteiger partial charge on any atom is 0.242 e. The molecule has 0 radical (unpaired) electrons. The third-order valence-electron chi connectivity index (χ3n) is 2.01. The first-order valence-corrected chi connectivity index (χ1v) is 4.48. The number of piperazine rings is 1. The third-order valence-corrected chi connectivity index (χ3v) is 2.01. The normalized spacial score (nSPS) is 17.5. The summed E-state index contributed by atoms with van der Waals surface area (Å²) in [6.45, 7) is 1.61. The van der Waals surface area contributed by atoms with Gasteiger partial charge in [0.1, 0.15) is 0 Å². The summed E-state index contributed by atoms with van der Waals surface area (Å²) in [6, 6.07) is 0. The van der Waals surface area contributed by atoms with Crippen LogP contribution in [0.5, 0.6) is 0 Å². The molecule has 1 fully saturated rings. The van der Waals surface area contributed by atoms with Gasteiger partial charge in [0.15, 0.2) is 0 Å². The zero-order valence-corrected chi connectivity index (χ0v) is 7.58. The fraction of sp³-hybridized carbons (Fsp3) is 0.750. The van der Waals surface area contributed by atoms with Gasteiger partial charge in [-0.05, 0) is 19.4 Å². The monoisotopic (exact) mass is 185 g/mol. The van der Waals surface area contributed by atoms with Crippen molar-refractivity contribution in [3.8, 4) is 0 Å². The predicted molar refractivity (Wildman–Crippen MR) is 47.9 cm³/mol. The fourth-order valence-corrected chi connectivity index (χ4v) is 1.25. The summed E-state index contributed by atoms with van der Waals surface area (Å²) in [6.07, 6.45) is 1.76. The van der Waals surface area contributed by atoms with Crippen molar-refractivity contribution in [1.82, 2.24) is 10.2 Å². The van der Waals surface area contributed by atoms with Crippen LogP contribution in [0.1, 0.15) is 12.8 Å².